The molecule has 4 rings (SSSR count). The van der Waals surface area contributed by atoms with E-state index in [0.29, 0.717) is 17.7 Å². The van der Waals surface area contributed by atoms with E-state index in [4.69, 9.17) is 8.48 Å². The summed E-state index contributed by atoms with van der Waals surface area (Å²) in [5.74, 6) is -0.687. The molecular formula is C35H32IN3O3. The van der Waals surface area contributed by atoms with Gasteiger partial charge in [0, 0.05) is 41.5 Å². The number of benzene rings is 3. The predicted molar refractivity (Wildman–Crippen MR) is 182 cm³/mol. The lowest BCUT2D eigenvalue weighted by Gasteiger charge is -2.14. The molecule has 0 unspecified atom stereocenters. The molecule has 0 fully saturated rings. The highest BCUT2D eigenvalue weighted by molar-refractivity contribution is 14.1. The fraction of sp³-hybridized carbons (Fsp3) is 0.0857. The van der Waals surface area contributed by atoms with Crippen LogP contribution in [0.15, 0.2) is 86.5 Å². The number of halogens is 1. The van der Waals surface area contributed by atoms with Crippen LogP contribution in [-0.2, 0) is 9.61 Å². The van der Waals surface area contributed by atoms with Crippen molar-refractivity contribution in [3.05, 3.63) is 136 Å². The number of nitrogens with one attached hydrogen (secondary N) is 2. The van der Waals surface area contributed by atoms with Crippen molar-refractivity contribution in [2.45, 2.75) is 13.5 Å². The van der Waals surface area contributed by atoms with Crippen molar-refractivity contribution in [3.63, 3.8) is 0 Å². The van der Waals surface area contributed by atoms with E-state index in [1.807, 2.05) is 62.5 Å². The number of rotatable bonds is 10. The zero-order valence-electron chi connectivity index (χ0n) is 23.6. The third kappa shape index (κ3) is 6.01. The minimum absolute atomic E-state index is 0.156. The van der Waals surface area contributed by atoms with Crippen molar-refractivity contribution in [1.29, 1.82) is 5.41 Å². The summed E-state index contributed by atoms with van der Waals surface area (Å²) >= 11 is 1.55. The first kappa shape index (κ1) is 30.3. The zero-order valence-corrected chi connectivity index (χ0v) is 25.8. The van der Waals surface area contributed by atoms with E-state index < -0.39 is 5.97 Å². The van der Waals surface area contributed by atoms with Crippen molar-refractivity contribution < 1.29 is 13.0 Å². The molecule has 42 heavy (non-hydrogen) atoms. The number of carbonyl (C=O) groups is 1. The number of hydrogen-bond donors (Lipinski definition) is 3. The topological polar surface area (TPSA) is 87.3 Å². The molecule has 0 aliphatic heterocycles. The third-order valence-corrected chi connectivity index (χ3v) is 7.46. The standard InChI is InChI=1S/C35H32IN3O3/c1-7-31-32(33(38-6)27-12-9-11-26(17-27)21(2)3)22(4)39(34(31)28-13-8-10-24(14-28)19-37)20-25-15-29(23(5)40)18-30(16-25)35(41)42-36/h7-19,37-38,40H,1-2,4-5,20H2,3,6H3/b33-32-,37-19?. The van der Waals surface area contributed by atoms with E-state index in [1.165, 1.54) is 6.21 Å². The first-order valence-electron chi connectivity index (χ1n) is 13.1. The van der Waals surface area contributed by atoms with Gasteiger partial charge in [0.2, 0.25) is 0 Å². The molecule has 0 saturated carbocycles. The van der Waals surface area contributed by atoms with Gasteiger partial charge in [-0.15, -0.1) is 0 Å². The van der Waals surface area contributed by atoms with E-state index in [9.17, 15) is 9.90 Å². The second kappa shape index (κ2) is 12.9. The average Bonchev–Trinajstić information content (AvgIpc) is 3.27. The van der Waals surface area contributed by atoms with E-state index in [0.717, 1.165) is 60.9 Å². The lowest BCUT2D eigenvalue weighted by molar-refractivity contribution is 0.0800. The molecule has 3 N–H and O–H groups in total. The molecule has 0 aliphatic carbocycles. The highest BCUT2D eigenvalue weighted by Crippen LogP contribution is 2.26. The van der Waals surface area contributed by atoms with Gasteiger partial charge in [0.1, 0.15) is 5.76 Å². The van der Waals surface area contributed by atoms with Crippen molar-refractivity contribution >= 4 is 64.9 Å². The predicted octanol–water partition coefficient (Wildman–Crippen LogP) is 6.70. The van der Waals surface area contributed by atoms with Crippen LogP contribution in [0.1, 0.15) is 50.7 Å². The van der Waals surface area contributed by atoms with Crippen LogP contribution in [0.3, 0.4) is 0 Å². The Morgan fingerprint density at radius 1 is 1.05 bits per heavy atom. The number of aromatic nitrogens is 1. The molecule has 0 aliphatic rings. The maximum absolute atomic E-state index is 12.5. The molecule has 212 valence electrons. The van der Waals surface area contributed by atoms with Crippen LogP contribution >= 0.6 is 23.0 Å². The maximum Gasteiger partial charge on any atom is 0.347 e. The molecule has 0 radical (unpaired) electrons. The number of allylic oxidation sites excluding steroid dienone is 1. The fourth-order valence-electron chi connectivity index (χ4n) is 5.08. The molecule has 3 aromatic carbocycles. The van der Waals surface area contributed by atoms with Crippen LogP contribution in [0.2, 0.25) is 0 Å². The van der Waals surface area contributed by atoms with Gasteiger partial charge < -0.3 is 23.5 Å². The van der Waals surface area contributed by atoms with Crippen LogP contribution in [0.5, 0.6) is 0 Å². The first-order chi connectivity index (χ1) is 20.1. The number of aliphatic hydroxyl groups is 1. The Balaban J connectivity index is 2.11. The zero-order chi connectivity index (χ0) is 30.6. The second-order valence-corrected chi connectivity index (χ2v) is 10.3. The van der Waals surface area contributed by atoms with E-state index in [1.54, 1.807) is 41.2 Å². The van der Waals surface area contributed by atoms with Gasteiger partial charge in [0.15, 0.2) is 23.0 Å². The summed E-state index contributed by atoms with van der Waals surface area (Å²) in [5.41, 5.74) is 8.61. The lowest BCUT2D eigenvalue weighted by Crippen LogP contribution is -2.34. The van der Waals surface area contributed by atoms with Crippen LogP contribution in [0, 0.1) is 5.41 Å². The third-order valence-electron chi connectivity index (χ3n) is 7.06. The fourth-order valence-corrected chi connectivity index (χ4v) is 5.33. The highest BCUT2D eigenvalue weighted by Gasteiger charge is 2.19. The monoisotopic (exact) mass is 669 g/mol. The SMILES string of the molecule is C=Cc1c(-c2cccc(C=N)c2)n(Cc2cc(C(=C)O)cc(C(=O)OI)c2)c(=C)/c1=C(/NC)c1cccc(C(=C)C)c1. The number of nitrogens with zero attached hydrogens (tertiary/aromatic N) is 1. The number of hydrogen-bond acceptors (Lipinski definition) is 5. The number of aliphatic hydroxyl groups excluding tert-OH is 1. The minimum Gasteiger partial charge on any atom is -0.508 e. The Kier molecular flexibility index (Phi) is 9.32. The summed E-state index contributed by atoms with van der Waals surface area (Å²) in [5, 5.41) is 23.0. The maximum atomic E-state index is 12.5. The molecule has 0 spiro atoms. The molecule has 7 heteroatoms. The Hall–Kier alpha value is -4.63. The van der Waals surface area contributed by atoms with Crippen molar-refractivity contribution in [3.8, 4) is 11.3 Å². The summed E-state index contributed by atoms with van der Waals surface area (Å²) < 4.78 is 6.99. The molecule has 6 nitrogen and oxygen atoms in total. The molecule has 1 aromatic heterocycles. The normalized spacial score (nSPS) is 11.4. The average molecular weight is 670 g/mol. The summed E-state index contributed by atoms with van der Waals surface area (Å²) in [4.78, 5) is 12.5. The lowest BCUT2D eigenvalue weighted by atomic mass is 10.00. The Bertz CT molecular complexity index is 1870. The Labute approximate surface area is 259 Å². The molecule has 0 amide bonds. The molecule has 4 aromatic rings. The largest absolute Gasteiger partial charge is 0.508 e. The first-order valence-corrected chi connectivity index (χ1v) is 14.0. The minimum atomic E-state index is -0.531. The van der Waals surface area contributed by atoms with Gasteiger partial charge in [0.25, 0.3) is 0 Å². The highest BCUT2D eigenvalue weighted by atomic mass is 127. The van der Waals surface area contributed by atoms with Gasteiger partial charge in [-0.3, -0.25) is 0 Å². The van der Waals surface area contributed by atoms with Crippen molar-refractivity contribution in [2.75, 3.05) is 7.05 Å². The molecule has 0 saturated heterocycles. The van der Waals surface area contributed by atoms with E-state index >= 15 is 0 Å². The Morgan fingerprint density at radius 3 is 2.33 bits per heavy atom. The van der Waals surface area contributed by atoms with Gasteiger partial charge in [-0.1, -0.05) is 74.4 Å². The summed E-state index contributed by atoms with van der Waals surface area (Å²) in [6, 6.07) is 20.9. The van der Waals surface area contributed by atoms with Crippen molar-refractivity contribution in [1.82, 2.24) is 9.88 Å². The summed E-state index contributed by atoms with van der Waals surface area (Å²) in [6.07, 6.45) is 3.13. The second-order valence-electron chi connectivity index (χ2n) is 9.86. The van der Waals surface area contributed by atoms with Crippen LogP contribution in [0.4, 0.5) is 0 Å². The van der Waals surface area contributed by atoms with Gasteiger partial charge in [0.05, 0.1) is 17.0 Å². The smallest absolute Gasteiger partial charge is 0.347 e. The van der Waals surface area contributed by atoms with Gasteiger partial charge in [-0.2, -0.15) is 0 Å². The van der Waals surface area contributed by atoms with Crippen molar-refractivity contribution in [2.24, 2.45) is 0 Å². The van der Waals surface area contributed by atoms with Gasteiger partial charge in [-0.25, -0.2) is 4.79 Å². The van der Waals surface area contributed by atoms with E-state index in [-0.39, 0.29) is 5.76 Å². The van der Waals surface area contributed by atoms with E-state index in [2.05, 4.69) is 42.3 Å². The number of carbonyl (C=O) groups excluding carboxylic acids is 1. The molecule has 0 bridgehead atoms. The molecule has 0 atom stereocenters. The van der Waals surface area contributed by atoms with Gasteiger partial charge >= 0.3 is 5.97 Å². The Morgan fingerprint density at radius 2 is 1.71 bits per heavy atom. The quantitative estimate of drug-likeness (QED) is 0.0998. The van der Waals surface area contributed by atoms with Crippen LogP contribution in [0.25, 0.3) is 40.9 Å². The van der Waals surface area contributed by atoms with Gasteiger partial charge in [-0.05, 0) is 65.1 Å². The van der Waals surface area contributed by atoms with Crippen LogP contribution in [-0.4, -0.2) is 28.9 Å². The molecule has 1 heterocycles. The van der Waals surface area contributed by atoms with Crippen LogP contribution < -0.4 is 15.9 Å². The molecular weight excluding hydrogens is 637 g/mol. The summed E-state index contributed by atoms with van der Waals surface area (Å²) in [6.45, 7) is 18.7. The summed E-state index contributed by atoms with van der Waals surface area (Å²) in [7, 11) is 1.88.